The number of hydrogen-bond acceptors (Lipinski definition) is 2. The van der Waals surface area contributed by atoms with E-state index in [0.717, 1.165) is 16.7 Å². The third-order valence-electron chi connectivity index (χ3n) is 3.47. The number of benzene rings is 2. The SMILES string of the molecule is CN(Cc1ccccc1Cl)C(=O)Cc1ccccc1CN. The molecule has 2 rings (SSSR count). The molecule has 2 aromatic rings. The second-order valence-electron chi connectivity index (χ2n) is 4.99. The molecule has 3 nitrogen and oxygen atoms in total. The van der Waals surface area contributed by atoms with Gasteiger partial charge in [-0.3, -0.25) is 4.79 Å². The summed E-state index contributed by atoms with van der Waals surface area (Å²) < 4.78 is 0. The molecule has 0 radical (unpaired) electrons. The summed E-state index contributed by atoms with van der Waals surface area (Å²) in [5.41, 5.74) is 8.64. The summed E-state index contributed by atoms with van der Waals surface area (Å²) >= 11 is 6.13. The molecular weight excluding hydrogens is 284 g/mol. The van der Waals surface area contributed by atoms with E-state index in [4.69, 9.17) is 17.3 Å². The van der Waals surface area contributed by atoms with Gasteiger partial charge in [-0.2, -0.15) is 0 Å². The number of likely N-dealkylation sites (N-methyl/N-ethyl adjacent to an activating group) is 1. The van der Waals surface area contributed by atoms with Gasteiger partial charge in [0.15, 0.2) is 0 Å². The summed E-state index contributed by atoms with van der Waals surface area (Å²) in [4.78, 5) is 14.0. The van der Waals surface area contributed by atoms with E-state index in [2.05, 4.69) is 0 Å². The molecule has 4 heteroatoms. The summed E-state index contributed by atoms with van der Waals surface area (Å²) in [5, 5.41) is 0.680. The molecule has 0 unspecified atom stereocenters. The van der Waals surface area contributed by atoms with E-state index in [-0.39, 0.29) is 5.91 Å². The second kappa shape index (κ2) is 7.25. The highest BCUT2D eigenvalue weighted by Gasteiger charge is 2.13. The maximum Gasteiger partial charge on any atom is 0.227 e. The van der Waals surface area contributed by atoms with E-state index in [1.807, 2.05) is 48.5 Å². The van der Waals surface area contributed by atoms with Gasteiger partial charge < -0.3 is 10.6 Å². The van der Waals surface area contributed by atoms with Crippen molar-refractivity contribution >= 4 is 17.5 Å². The van der Waals surface area contributed by atoms with Crippen LogP contribution in [0.1, 0.15) is 16.7 Å². The molecule has 1 amide bonds. The molecule has 0 atom stereocenters. The maximum absolute atomic E-state index is 12.3. The fourth-order valence-corrected chi connectivity index (χ4v) is 2.39. The third-order valence-corrected chi connectivity index (χ3v) is 3.84. The molecule has 21 heavy (non-hydrogen) atoms. The van der Waals surface area contributed by atoms with Crippen molar-refractivity contribution in [2.24, 2.45) is 5.73 Å². The van der Waals surface area contributed by atoms with Gasteiger partial charge >= 0.3 is 0 Å². The Morgan fingerprint density at radius 3 is 2.24 bits per heavy atom. The molecule has 0 fully saturated rings. The Morgan fingerprint density at radius 1 is 1.05 bits per heavy atom. The van der Waals surface area contributed by atoms with Crippen molar-refractivity contribution in [3.05, 3.63) is 70.2 Å². The number of carbonyl (C=O) groups excluding carboxylic acids is 1. The summed E-state index contributed by atoms with van der Waals surface area (Å²) in [7, 11) is 1.79. The van der Waals surface area contributed by atoms with E-state index in [1.54, 1.807) is 11.9 Å². The molecule has 0 saturated heterocycles. The van der Waals surface area contributed by atoms with Crippen LogP contribution in [0.25, 0.3) is 0 Å². The number of halogens is 1. The van der Waals surface area contributed by atoms with Crippen LogP contribution in [0.2, 0.25) is 5.02 Å². The number of rotatable bonds is 5. The van der Waals surface area contributed by atoms with Crippen LogP contribution in [0.5, 0.6) is 0 Å². The minimum Gasteiger partial charge on any atom is -0.341 e. The fourth-order valence-electron chi connectivity index (χ4n) is 2.20. The first-order valence-electron chi connectivity index (χ1n) is 6.86. The quantitative estimate of drug-likeness (QED) is 0.923. The van der Waals surface area contributed by atoms with Crippen LogP contribution in [0, 0.1) is 0 Å². The first-order chi connectivity index (χ1) is 10.1. The third kappa shape index (κ3) is 4.06. The molecular formula is C17H19ClN2O. The molecule has 0 aliphatic heterocycles. The summed E-state index contributed by atoms with van der Waals surface area (Å²) in [6, 6.07) is 15.3. The lowest BCUT2D eigenvalue weighted by Crippen LogP contribution is -2.28. The molecule has 2 aromatic carbocycles. The van der Waals surface area contributed by atoms with E-state index in [1.165, 1.54) is 0 Å². The molecule has 2 N–H and O–H groups in total. The highest BCUT2D eigenvalue weighted by molar-refractivity contribution is 6.31. The molecule has 0 saturated carbocycles. The molecule has 0 spiro atoms. The topological polar surface area (TPSA) is 46.3 Å². The number of nitrogens with two attached hydrogens (primary N) is 1. The Kier molecular flexibility index (Phi) is 5.37. The second-order valence-corrected chi connectivity index (χ2v) is 5.40. The van der Waals surface area contributed by atoms with Gasteiger partial charge in [0, 0.05) is 25.2 Å². The molecule has 0 aliphatic rings. The number of nitrogens with zero attached hydrogens (tertiary/aromatic N) is 1. The van der Waals surface area contributed by atoms with E-state index >= 15 is 0 Å². The highest BCUT2D eigenvalue weighted by atomic mass is 35.5. The Bertz CT molecular complexity index is 628. The van der Waals surface area contributed by atoms with Gasteiger partial charge in [0.2, 0.25) is 5.91 Å². The van der Waals surface area contributed by atoms with Crippen LogP contribution in [0.3, 0.4) is 0 Å². The molecule has 0 aromatic heterocycles. The lowest BCUT2D eigenvalue weighted by Gasteiger charge is -2.19. The van der Waals surface area contributed by atoms with E-state index < -0.39 is 0 Å². The Labute approximate surface area is 130 Å². The first-order valence-corrected chi connectivity index (χ1v) is 7.24. The monoisotopic (exact) mass is 302 g/mol. The van der Waals surface area contributed by atoms with Crippen LogP contribution < -0.4 is 5.73 Å². The fraction of sp³-hybridized carbons (Fsp3) is 0.235. The predicted molar refractivity (Wildman–Crippen MR) is 86.0 cm³/mol. The summed E-state index contributed by atoms with van der Waals surface area (Å²) in [6.45, 7) is 0.945. The minimum atomic E-state index is 0.0517. The Balaban J connectivity index is 2.05. The number of amides is 1. The highest BCUT2D eigenvalue weighted by Crippen LogP contribution is 2.17. The van der Waals surface area contributed by atoms with E-state index in [0.29, 0.717) is 24.5 Å². The number of hydrogen-bond donors (Lipinski definition) is 1. The van der Waals surface area contributed by atoms with Crippen molar-refractivity contribution in [1.82, 2.24) is 4.90 Å². The van der Waals surface area contributed by atoms with Gasteiger partial charge in [-0.1, -0.05) is 54.1 Å². The zero-order valence-electron chi connectivity index (χ0n) is 12.1. The lowest BCUT2D eigenvalue weighted by atomic mass is 10.0. The van der Waals surface area contributed by atoms with E-state index in [9.17, 15) is 4.79 Å². The van der Waals surface area contributed by atoms with Crippen molar-refractivity contribution in [2.75, 3.05) is 7.05 Å². The van der Waals surface area contributed by atoms with Crippen molar-refractivity contribution in [3.8, 4) is 0 Å². The normalized spacial score (nSPS) is 10.4. The predicted octanol–water partition coefficient (Wildman–Crippen LogP) is 3.00. The number of carbonyl (C=O) groups is 1. The maximum atomic E-state index is 12.3. The van der Waals surface area contributed by atoms with Crippen LogP contribution >= 0.6 is 11.6 Å². The average Bonchev–Trinajstić information content (AvgIpc) is 2.50. The van der Waals surface area contributed by atoms with Crippen molar-refractivity contribution < 1.29 is 4.79 Å². The minimum absolute atomic E-state index is 0.0517. The Morgan fingerprint density at radius 2 is 1.62 bits per heavy atom. The van der Waals surface area contributed by atoms with Crippen molar-refractivity contribution in [1.29, 1.82) is 0 Å². The van der Waals surface area contributed by atoms with Crippen molar-refractivity contribution in [2.45, 2.75) is 19.5 Å². The van der Waals surface area contributed by atoms with Gasteiger partial charge in [0.25, 0.3) is 0 Å². The average molecular weight is 303 g/mol. The van der Waals surface area contributed by atoms with Gasteiger partial charge in [0.1, 0.15) is 0 Å². The standard InChI is InChI=1S/C17H19ClN2O/c1-20(12-15-8-4-5-9-16(15)18)17(21)10-13-6-2-3-7-14(13)11-19/h2-9H,10-12,19H2,1H3. The van der Waals surface area contributed by atoms with Crippen LogP contribution in [-0.4, -0.2) is 17.9 Å². The summed E-state index contributed by atoms with van der Waals surface area (Å²) in [5.74, 6) is 0.0517. The van der Waals surface area contributed by atoms with Crippen LogP contribution in [-0.2, 0) is 24.3 Å². The van der Waals surface area contributed by atoms with Crippen LogP contribution in [0.15, 0.2) is 48.5 Å². The lowest BCUT2D eigenvalue weighted by molar-refractivity contribution is -0.129. The molecule has 0 bridgehead atoms. The largest absolute Gasteiger partial charge is 0.341 e. The van der Waals surface area contributed by atoms with Crippen LogP contribution in [0.4, 0.5) is 0 Å². The smallest absolute Gasteiger partial charge is 0.227 e. The Hall–Kier alpha value is -1.84. The van der Waals surface area contributed by atoms with Gasteiger partial charge in [-0.25, -0.2) is 0 Å². The zero-order chi connectivity index (χ0) is 15.2. The molecule has 0 heterocycles. The molecule has 0 aliphatic carbocycles. The zero-order valence-corrected chi connectivity index (χ0v) is 12.8. The van der Waals surface area contributed by atoms with Gasteiger partial charge in [-0.05, 0) is 22.8 Å². The summed E-state index contributed by atoms with van der Waals surface area (Å²) in [6.07, 6.45) is 0.355. The molecule has 110 valence electrons. The first kappa shape index (κ1) is 15.5. The van der Waals surface area contributed by atoms with Crippen molar-refractivity contribution in [3.63, 3.8) is 0 Å². The van der Waals surface area contributed by atoms with Gasteiger partial charge in [0.05, 0.1) is 6.42 Å². The van der Waals surface area contributed by atoms with Gasteiger partial charge in [-0.15, -0.1) is 0 Å².